The van der Waals surface area contributed by atoms with E-state index in [-0.39, 0.29) is 5.91 Å². The van der Waals surface area contributed by atoms with Crippen molar-refractivity contribution in [2.75, 3.05) is 18.5 Å². The van der Waals surface area contributed by atoms with Crippen molar-refractivity contribution in [1.82, 2.24) is 10.6 Å². The first-order valence-electron chi connectivity index (χ1n) is 9.96. The molecule has 1 aliphatic rings. The van der Waals surface area contributed by atoms with Crippen molar-refractivity contribution in [2.24, 2.45) is 4.99 Å². The van der Waals surface area contributed by atoms with Crippen LogP contribution in [0.2, 0.25) is 0 Å². The molecule has 6 heteroatoms. The molecule has 2 aromatic carbocycles. The lowest BCUT2D eigenvalue weighted by Gasteiger charge is -2.16. The SMILES string of the molecule is CN=C(NCc1ccc(N2CCCC2=O)cc1)NCc1oc2ccccc2c1C. The highest BCUT2D eigenvalue weighted by Gasteiger charge is 2.21. The number of benzene rings is 2. The molecule has 6 nitrogen and oxygen atoms in total. The topological polar surface area (TPSA) is 69.9 Å². The van der Waals surface area contributed by atoms with E-state index in [2.05, 4.69) is 28.6 Å². The minimum absolute atomic E-state index is 0.210. The highest BCUT2D eigenvalue weighted by atomic mass is 16.3. The van der Waals surface area contributed by atoms with Gasteiger partial charge in [-0.1, -0.05) is 30.3 Å². The van der Waals surface area contributed by atoms with Crippen molar-refractivity contribution < 1.29 is 9.21 Å². The molecule has 0 atom stereocenters. The molecule has 150 valence electrons. The molecule has 2 N–H and O–H groups in total. The van der Waals surface area contributed by atoms with Crippen LogP contribution in [0.15, 0.2) is 57.9 Å². The number of carbonyl (C=O) groups is 1. The summed E-state index contributed by atoms with van der Waals surface area (Å²) in [5, 5.41) is 7.78. The summed E-state index contributed by atoms with van der Waals surface area (Å²) in [4.78, 5) is 18.0. The predicted molar refractivity (Wildman–Crippen MR) is 116 cm³/mol. The first kappa shape index (κ1) is 19.1. The molecule has 1 saturated heterocycles. The normalized spacial score (nSPS) is 14.6. The van der Waals surface area contributed by atoms with Crippen molar-refractivity contribution in [3.05, 3.63) is 65.4 Å². The molecule has 1 aliphatic heterocycles. The lowest BCUT2D eigenvalue weighted by molar-refractivity contribution is -0.117. The van der Waals surface area contributed by atoms with Gasteiger partial charge in [-0.25, -0.2) is 0 Å². The van der Waals surface area contributed by atoms with E-state index >= 15 is 0 Å². The monoisotopic (exact) mass is 390 g/mol. The zero-order valence-corrected chi connectivity index (χ0v) is 16.9. The third kappa shape index (κ3) is 4.11. The highest BCUT2D eigenvalue weighted by Crippen LogP contribution is 2.24. The average molecular weight is 390 g/mol. The molecular formula is C23H26N4O2. The van der Waals surface area contributed by atoms with Gasteiger partial charge in [0.2, 0.25) is 5.91 Å². The first-order chi connectivity index (χ1) is 14.2. The maximum Gasteiger partial charge on any atom is 0.227 e. The van der Waals surface area contributed by atoms with Crippen molar-refractivity contribution in [3.8, 4) is 0 Å². The van der Waals surface area contributed by atoms with Gasteiger partial charge in [0.15, 0.2) is 5.96 Å². The summed E-state index contributed by atoms with van der Waals surface area (Å²) >= 11 is 0. The first-order valence-corrected chi connectivity index (χ1v) is 9.96. The van der Waals surface area contributed by atoms with E-state index < -0.39 is 0 Å². The van der Waals surface area contributed by atoms with Crippen LogP contribution in [0.4, 0.5) is 5.69 Å². The fraction of sp³-hybridized carbons (Fsp3) is 0.304. The van der Waals surface area contributed by atoms with Gasteiger partial charge in [-0.2, -0.15) is 0 Å². The van der Waals surface area contributed by atoms with Crippen LogP contribution in [-0.4, -0.2) is 25.5 Å². The van der Waals surface area contributed by atoms with Gasteiger partial charge in [0.25, 0.3) is 0 Å². The molecule has 29 heavy (non-hydrogen) atoms. The minimum Gasteiger partial charge on any atom is -0.459 e. The molecule has 1 aromatic heterocycles. The number of nitrogens with one attached hydrogen (secondary N) is 2. The second kappa shape index (κ2) is 8.39. The van der Waals surface area contributed by atoms with Gasteiger partial charge in [-0.15, -0.1) is 0 Å². The predicted octanol–water partition coefficient (Wildman–Crippen LogP) is 3.73. The third-order valence-corrected chi connectivity index (χ3v) is 5.36. The Bertz CT molecular complexity index is 1040. The Balaban J connectivity index is 1.33. The van der Waals surface area contributed by atoms with Gasteiger partial charge in [-0.05, 0) is 37.1 Å². The maximum absolute atomic E-state index is 11.9. The molecule has 1 fully saturated rings. The fourth-order valence-corrected chi connectivity index (χ4v) is 3.68. The summed E-state index contributed by atoms with van der Waals surface area (Å²) in [5.41, 5.74) is 4.15. The average Bonchev–Trinajstić information content (AvgIpc) is 3.32. The van der Waals surface area contributed by atoms with E-state index in [9.17, 15) is 4.79 Å². The van der Waals surface area contributed by atoms with E-state index in [1.165, 1.54) is 0 Å². The van der Waals surface area contributed by atoms with Gasteiger partial charge in [0.05, 0.1) is 6.54 Å². The van der Waals surface area contributed by atoms with Gasteiger partial charge in [0.1, 0.15) is 11.3 Å². The summed E-state index contributed by atoms with van der Waals surface area (Å²) in [6.07, 6.45) is 1.59. The number of amides is 1. The van der Waals surface area contributed by atoms with Gasteiger partial charge in [0, 0.05) is 43.2 Å². The third-order valence-electron chi connectivity index (χ3n) is 5.36. The van der Waals surface area contributed by atoms with Crippen LogP contribution < -0.4 is 15.5 Å². The minimum atomic E-state index is 0.210. The number of nitrogens with zero attached hydrogens (tertiary/aromatic N) is 2. The molecule has 0 radical (unpaired) electrons. The van der Waals surface area contributed by atoms with Crippen LogP contribution in [0, 0.1) is 6.92 Å². The Kier molecular flexibility index (Phi) is 5.51. The van der Waals surface area contributed by atoms with Crippen LogP contribution in [0.1, 0.15) is 29.7 Å². The number of fused-ring (bicyclic) bond motifs is 1. The number of aliphatic imine (C=N–C) groups is 1. The van der Waals surface area contributed by atoms with Crippen molar-refractivity contribution in [1.29, 1.82) is 0 Å². The van der Waals surface area contributed by atoms with Crippen LogP contribution in [-0.2, 0) is 17.9 Å². The zero-order valence-electron chi connectivity index (χ0n) is 16.9. The molecular weight excluding hydrogens is 364 g/mol. The number of furan rings is 1. The number of para-hydroxylation sites is 1. The number of carbonyl (C=O) groups excluding carboxylic acids is 1. The van der Waals surface area contributed by atoms with Gasteiger partial charge < -0.3 is 20.0 Å². The van der Waals surface area contributed by atoms with E-state index in [4.69, 9.17) is 4.42 Å². The van der Waals surface area contributed by atoms with Crippen molar-refractivity contribution >= 4 is 28.5 Å². The summed E-state index contributed by atoms with van der Waals surface area (Å²) in [7, 11) is 1.75. The second-order valence-corrected chi connectivity index (χ2v) is 7.24. The van der Waals surface area contributed by atoms with E-state index in [0.29, 0.717) is 25.5 Å². The number of hydrogen-bond donors (Lipinski definition) is 2. The maximum atomic E-state index is 11.9. The summed E-state index contributed by atoms with van der Waals surface area (Å²) in [6.45, 7) is 4.10. The summed E-state index contributed by atoms with van der Waals surface area (Å²) in [5.74, 6) is 1.83. The lowest BCUT2D eigenvalue weighted by Crippen LogP contribution is -2.36. The Morgan fingerprint density at radius 3 is 2.55 bits per heavy atom. The summed E-state index contributed by atoms with van der Waals surface area (Å²) < 4.78 is 5.95. The number of hydrogen-bond acceptors (Lipinski definition) is 3. The largest absolute Gasteiger partial charge is 0.459 e. The number of aryl methyl sites for hydroxylation is 1. The smallest absolute Gasteiger partial charge is 0.227 e. The zero-order chi connectivity index (χ0) is 20.2. The molecule has 0 bridgehead atoms. The van der Waals surface area contributed by atoms with Crippen LogP contribution in [0.25, 0.3) is 11.0 Å². The Hall–Kier alpha value is -3.28. The molecule has 0 aliphatic carbocycles. The second-order valence-electron chi connectivity index (χ2n) is 7.24. The molecule has 0 unspecified atom stereocenters. The van der Waals surface area contributed by atoms with Gasteiger partial charge >= 0.3 is 0 Å². The summed E-state index contributed by atoms with van der Waals surface area (Å²) in [6, 6.07) is 16.2. The molecule has 4 rings (SSSR count). The molecule has 2 heterocycles. The van der Waals surface area contributed by atoms with E-state index in [1.807, 2.05) is 47.4 Å². The van der Waals surface area contributed by atoms with E-state index in [0.717, 1.165) is 46.5 Å². The van der Waals surface area contributed by atoms with Crippen molar-refractivity contribution in [3.63, 3.8) is 0 Å². The van der Waals surface area contributed by atoms with Crippen LogP contribution in [0.5, 0.6) is 0 Å². The standard InChI is InChI=1S/C23H26N4O2/c1-16-19-6-3-4-7-20(19)29-21(16)15-26-23(24-2)25-14-17-9-11-18(12-10-17)27-13-5-8-22(27)28/h3-4,6-7,9-12H,5,8,13-15H2,1-2H3,(H2,24,25,26). The van der Waals surface area contributed by atoms with Crippen LogP contribution in [0.3, 0.4) is 0 Å². The number of rotatable bonds is 5. The van der Waals surface area contributed by atoms with Crippen molar-refractivity contribution in [2.45, 2.75) is 32.9 Å². The Morgan fingerprint density at radius 2 is 1.86 bits per heavy atom. The molecule has 0 spiro atoms. The molecule has 3 aromatic rings. The Labute approximate surface area is 170 Å². The highest BCUT2D eigenvalue weighted by molar-refractivity contribution is 5.95. The van der Waals surface area contributed by atoms with Gasteiger partial charge in [-0.3, -0.25) is 9.79 Å². The quantitative estimate of drug-likeness (QED) is 0.514. The van der Waals surface area contributed by atoms with E-state index in [1.54, 1.807) is 7.05 Å². The lowest BCUT2D eigenvalue weighted by atomic mass is 10.1. The van der Waals surface area contributed by atoms with Crippen LogP contribution >= 0.6 is 0 Å². The molecule has 1 amide bonds. The number of guanidine groups is 1. The molecule has 0 saturated carbocycles. The Morgan fingerprint density at radius 1 is 1.10 bits per heavy atom. The fourth-order valence-electron chi connectivity index (χ4n) is 3.68. The number of anilines is 1.